The number of nitrogens with zero attached hydrogens (tertiary/aromatic N) is 2. The molecule has 7 nitrogen and oxygen atoms in total. The van der Waals surface area contributed by atoms with Gasteiger partial charge in [-0.15, -0.1) is 0 Å². The summed E-state index contributed by atoms with van der Waals surface area (Å²) in [5.41, 5.74) is 4.55. The van der Waals surface area contributed by atoms with Gasteiger partial charge >= 0.3 is 11.3 Å². The summed E-state index contributed by atoms with van der Waals surface area (Å²) in [6.45, 7) is 1.83. The number of hydrogen-bond acceptors (Lipinski definition) is 3. The summed E-state index contributed by atoms with van der Waals surface area (Å²) in [5.74, 6) is -0.401. The van der Waals surface area contributed by atoms with Gasteiger partial charge in [-0.2, -0.15) is 4.98 Å². The number of amides is 1. The molecule has 0 saturated heterocycles. The van der Waals surface area contributed by atoms with Crippen LogP contribution in [-0.2, 0) is 13.6 Å². The molecule has 1 amide bonds. The number of pyridine rings is 1. The molecule has 3 N–H and O–H groups in total. The predicted octanol–water partition coefficient (Wildman–Crippen LogP) is 2.35. The van der Waals surface area contributed by atoms with E-state index in [-0.39, 0.29) is 17.4 Å². The Kier molecular flexibility index (Phi) is 6.13. The van der Waals surface area contributed by atoms with E-state index in [1.165, 1.54) is 16.7 Å². The Bertz CT molecular complexity index is 1310. The van der Waals surface area contributed by atoms with Gasteiger partial charge < -0.3 is 10.2 Å². The highest BCUT2D eigenvalue weighted by Crippen LogP contribution is 2.21. The number of aromatic amines is 2. The predicted molar refractivity (Wildman–Crippen MR) is 121 cm³/mol. The van der Waals surface area contributed by atoms with Gasteiger partial charge in [0.05, 0.1) is 6.20 Å². The van der Waals surface area contributed by atoms with Gasteiger partial charge in [0.15, 0.2) is 0 Å². The molecule has 0 fully saturated rings. The number of carbonyl (C=O) groups is 1. The second kappa shape index (κ2) is 9.15. The van der Waals surface area contributed by atoms with Crippen LogP contribution >= 0.6 is 0 Å². The van der Waals surface area contributed by atoms with E-state index in [1.807, 2.05) is 31.3 Å². The maximum absolute atomic E-state index is 13.0. The summed E-state index contributed by atoms with van der Waals surface area (Å²) >= 11 is 0. The highest BCUT2D eigenvalue weighted by molar-refractivity contribution is 5.95. The van der Waals surface area contributed by atoms with Crippen LogP contribution in [0.4, 0.5) is 4.39 Å². The molecule has 2 aromatic carbocycles. The van der Waals surface area contributed by atoms with Crippen molar-refractivity contribution in [2.24, 2.45) is 7.05 Å². The summed E-state index contributed by atoms with van der Waals surface area (Å²) in [4.78, 5) is 32.4. The van der Waals surface area contributed by atoms with E-state index in [0.717, 1.165) is 22.2 Å². The lowest BCUT2D eigenvalue weighted by Crippen LogP contribution is -2.32. The zero-order valence-corrected chi connectivity index (χ0v) is 18.0. The second-order valence-corrected chi connectivity index (χ2v) is 7.84. The van der Waals surface area contributed by atoms with Gasteiger partial charge in [-0.3, -0.25) is 9.36 Å². The lowest BCUT2D eigenvalue weighted by molar-refractivity contribution is -0.346. The van der Waals surface area contributed by atoms with Crippen LogP contribution in [0.1, 0.15) is 15.9 Å². The van der Waals surface area contributed by atoms with Crippen molar-refractivity contribution in [2.75, 3.05) is 20.1 Å². The molecule has 0 unspecified atom stereocenters. The number of benzene rings is 2. The van der Waals surface area contributed by atoms with E-state index in [1.54, 1.807) is 31.4 Å². The third kappa shape index (κ3) is 4.76. The first-order valence-electron chi connectivity index (χ1n) is 10.3. The number of imidazole rings is 1. The molecule has 0 aliphatic carbocycles. The van der Waals surface area contributed by atoms with Crippen LogP contribution in [0.5, 0.6) is 0 Å². The number of aromatic nitrogens is 3. The van der Waals surface area contributed by atoms with Crippen LogP contribution in [-0.4, -0.2) is 40.5 Å². The van der Waals surface area contributed by atoms with Gasteiger partial charge in [0.1, 0.15) is 11.3 Å². The smallest absolute Gasteiger partial charge is 0.351 e. The van der Waals surface area contributed by atoms with Crippen molar-refractivity contribution in [3.63, 3.8) is 0 Å². The number of hydrogen-bond donors (Lipinski definition) is 2. The third-order valence-corrected chi connectivity index (χ3v) is 5.42. The molecule has 2 aromatic heterocycles. The topological polar surface area (TPSA) is 84.3 Å². The lowest BCUT2D eigenvalue weighted by Gasteiger charge is -2.17. The maximum atomic E-state index is 13.0. The summed E-state index contributed by atoms with van der Waals surface area (Å²) in [7, 11) is 3.66. The van der Waals surface area contributed by atoms with Crippen molar-refractivity contribution in [1.29, 1.82) is 0 Å². The van der Waals surface area contributed by atoms with Gasteiger partial charge in [0.25, 0.3) is 5.91 Å². The zero-order valence-electron chi connectivity index (χ0n) is 18.0. The quantitative estimate of drug-likeness (QED) is 0.468. The van der Waals surface area contributed by atoms with Crippen molar-refractivity contribution in [3.05, 3.63) is 88.2 Å². The van der Waals surface area contributed by atoms with Gasteiger partial charge in [0.2, 0.25) is 0 Å². The molecule has 0 saturated carbocycles. The number of nitrogens with one attached hydrogen (secondary N) is 3. The Labute approximate surface area is 184 Å². The third-order valence-electron chi connectivity index (χ3n) is 5.42. The van der Waals surface area contributed by atoms with Crippen molar-refractivity contribution < 1.29 is 14.2 Å². The fourth-order valence-corrected chi connectivity index (χ4v) is 3.60. The first-order chi connectivity index (χ1) is 15.4. The number of rotatable bonds is 7. The highest BCUT2D eigenvalue weighted by atomic mass is 19.1. The number of fused-ring (bicyclic) bond motifs is 1. The molecule has 0 aliphatic rings. The van der Waals surface area contributed by atoms with Crippen molar-refractivity contribution in [2.45, 2.75) is 6.54 Å². The summed E-state index contributed by atoms with van der Waals surface area (Å²) in [5, 5.41) is 2.95. The zero-order chi connectivity index (χ0) is 22.7. The standard InChI is InChI=1S/C24H24FN5O2/c1-29(15-16-6-8-20(25)9-7-16)11-10-26-23(31)18-5-3-4-17(12-18)19-13-21-22(27-14-19)28-24(32)30(21)2/h3-9,12-14H,10-11,15H2,1-2H3,(H,26,31)(H,27,28,32)/p+1. The molecule has 0 radical (unpaired) electrons. The van der Waals surface area contributed by atoms with E-state index in [0.29, 0.717) is 30.8 Å². The normalized spacial score (nSPS) is 11.2. The summed E-state index contributed by atoms with van der Waals surface area (Å²) < 4.78 is 14.6. The SMILES string of the molecule is CN(CCNC(=O)c1cccc(-c2c[nH+]c3[nH]c(=O)n(C)c3c2)c1)Cc1ccc(F)cc1. The fourth-order valence-electron chi connectivity index (χ4n) is 3.60. The minimum Gasteiger partial charge on any atom is -0.351 e. The molecule has 0 aliphatic heterocycles. The molecule has 32 heavy (non-hydrogen) atoms. The van der Waals surface area contributed by atoms with Crippen LogP contribution < -0.4 is 16.0 Å². The Balaban J connectivity index is 1.38. The Hall–Kier alpha value is -3.78. The first-order valence-corrected chi connectivity index (χ1v) is 10.3. The minimum absolute atomic E-state index is 0.152. The van der Waals surface area contributed by atoms with Crippen LogP contribution in [0.2, 0.25) is 0 Å². The Morgan fingerprint density at radius 1 is 1.16 bits per heavy atom. The molecular formula is C24H25FN5O2+. The van der Waals surface area contributed by atoms with Gasteiger partial charge in [-0.1, -0.05) is 24.3 Å². The van der Waals surface area contributed by atoms with E-state index in [4.69, 9.17) is 0 Å². The lowest BCUT2D eigenvalue weighted by atomic mass is 10.0. The number of halogens is 1. The number of aryl methyl sites for hydroxylation is 1. The van der Waals surface area contributed by atoms with Gasteiger partial charge in [0, 0.05) is 37.8 Å². The maximum Gasteiger partial charge on any atom is 0.413 e. The van der Waals surface area contributed by atoms with E-state index >= 15 is 0 Å². The molecule has 164 valence electrons. The number of carbonyl (C=O) groups excluding carboxylic acids is 1. The Morgan fingerprint density at radius 2 is 1.94 bits per heavy atom. The van der Waals surface area contributed by atoms with Gasteiger partial charge in [-0.05, 0) is 48.5 Å². The molecule has 0 bridgehead atoms. The molecule has 0 spiro atoms. The summed E-state index contributed by atoms with van der Waals surface area (Å²) in [6, 6.07) is 15.7. The van der Waals surface area contributed by atoms with Gasteiger partial charge in [-0.25, -0.2) is 14.2 Å². The Morgan fingerprint density at radius 3 is 2.72 bits per heavy atom. The average Bonchev–Trinajstić information content (AvgIpc) is 3.08. The molecule has 2 heterocycles. The van der Waals surface area contributed by atoms with E-state index in [9.17, 15) is 14.0 Å². The molecule has 0 atom stereocenters. The largest absolute Gasteiger partial charge is 0.413 e. The van der Waals surface area contributed by atoms with Crippen molar-refractivity contribution >= 4 is 17.1 Å². The second-order valence-electron chi connectivity index (χ2n) is 7.84. The van der Waals surface area contributed by atoms with Crippen molar-refractivity contribution in [1.82, 2.24) is 19.8 Å². The molecule has 4 aromatic rings. The number of likely N-dealkylation sites (N-methyl/N-ethyl adjacent to an activating group) is 1. The highest BCUT2D eigenvalue weighted by Gasteiger charge is 2.13. The molecule has 4 rings (SSSR count). The van der Waals surface area contributed by atoms with Crippen LogP contribution in [0.15, 0.2) is 65.6 Å². The summed E-state index contributed by atoms with van der Waals surface area (Å²) in [6.07, 6.45) is 1.81. The first kappa shape index (κ1) is 21.5. The van der Waals surface area contributed by atoms with Crippen LogP contribution in [0.25, 0.3) is 22.3 Å². The number of H-pyrrole nitrogens is 2. The van der Waals surface area contributed by atoms with Crippen molar-refractivity contribution in [3.8, 4) is 11.1 Å². The molecule has 8 heteroatoms. The molecular weight excluding hydrogens is 409 g/mol. The van der Waals surface area contributed by atoms with E-state index in [2.05, 4.69) is 20.2 Å². The monoisotopic (exact) mass is 434 g/mol. The van der Waals surface area contributed by atoms with Crippen LogP contribution in [0.3, 0.4) is 0 Å². The average molecular weight is 434 g/mol. The van der Waals surface area contributed by atoms with E-state index < -0.39 is 0 Å². The van der Waals surface area contributed by atoms with Crippen LogP contribution in [0, 0.1) is 5.82 Å². The minimum atomic E-state index is -0.249. The fraction of sp³-hybridized carbons (Fsp3) is 0.208.